The van der Waals surface area contributed by atoms with Crippen LogP contribution in [0.5, 0.6) is 5.75 Å². The van der Waals surface area contributed by atoms with E-state index in [1.54, 1.807) is 30.3 Å². The SMILES string of the molecule is C=CS(=O)(=O)NCC1CCN(S(=O)(=O)c2ccc(C/C=C/S(=O)(=O)NCC3CCN(S(=O)(=O)c4ccc(/C=C\S(=O)(=O)NCC5CCN(S(=O)(=O)c6cccc(-c7ccccc7)c6)C5)cc4OC)C3)cc2)C1. The lowest BCUT2D eigenvalue weighted by atomic mass is 10.1. The molecule has 7 rings (SSSR count). The Kier molecular flexibility index (Phi) is 17.5. The Morgan fingerprint density at radius 2 is 1.07 bits per heavy atom. The summed E-state index contributed by atoms with van der Waals surface area (Å²) < 4.78 is 173. The lowest BCUT2D eigenvalue weighted by molar-refractivity contribution is 0.397. The summed E-state index contributed by atoms with van der Waals surface area (Å²) in [7, 11) is -22.0. The predicted octanol–water partition coefficient (Wildman–Crippen LogP) is 3.72. The van der Waals surface area contributed by atoms with Crippen LogP contribution < -0.4 is 18.9 Å². The van der Waals surface area contributed by atoms with Crippen LogP contribution in [0.3, 0.4) is 0 Å². The molecule has 3 aliphatic rings. The summed E-state index contributed by atoms with van der Waals surface area (Å²) in [5, 5.41) is 2.74. The van der Waals surface area contributed by atoms with E-state index in [0.717, 1.165) is 27.4 Å². The summed E-state index contributed by atoms with van der Waals surface area (Å²) in [6.45, 7) is 4.22. The first kappa shape index (κ1) is 55.1. The maximum atomic E-state index is 13.8. The Morgan fingerprint density at radius 1 is 0.556 bits per heavy atom. The van der Waals surface area contributed by atoms with Crippen molar-refractivity contribution in [1.82, 2.24) is 27.1 Å². The molecule has 19 nitrogen and oxygen atoms in total. The highest BCUT2D eigenvalue weighted by atomic mass is 32.2. The van der Waals surface area contributed by atoms with E-state index in [2.05, 4.69) is 20.7 Å². The fraction of sp³-hybridized carbons (Fsp3) is 0.362. The second-order valence-electron chi connectivity index (χ2n) is 17.7. The van der Waals surface area contributed by atoms with Gasteiger partial charge < -0.3 is 4.74 Å². The third-order valence-electron chi connectivity index (χ3n) is 12.7. The van der Waals surface area contributed by atoms with Gasteiger partial charge >= 0.3 is 0 Å². The number of nitrogens with zero attached hydrogens (tertiary/aromatic N) is 3. The van der Waals surface area contributed by atoms with Crippen molar-refractivity contribution in [3.8, 4) is 16.9 Å². The van der Waals surface area contributed by atoms with Gasteiger partial charge in [0.05, 0.1) is 16.9 Å². The van der Waals surface area contributed by atoms with Gasteiger partial charge in [0.15, 0.2) is 0 Å². The zero-order chi connectivity index (χ0) is 52.0. The third-order valence-corrected chi connectivity index (χ3v) is 21.5. The van der Waals surface area contributed by atoms with Gasteiger partial charge in [-0.05, 0) is 108 Å². The Morgan fingerprint density at radius 3 is 1.62 bits per heavy atom. The van der Waals surface area contributed by atoms with Crippen LogP contribution in [0.1, 0.15) is 30.4 Å². The zero-order valence-electron chi connectivity index (χ0n) is 39.4. The molecule has 3 atom stereocenters. The molecule has 0 radical (unpaired) electrons. The average Bonchev–Trinajstić information content (AvgIpc) is 4.18. The molecule has 3 heterocycles. The molecule has 0 aromatic heterocycles. The molecule has 0 amide bonds. The first-order valence-electron chi connectivity index (χ1n) is 22.9. The Labute approximate surface area is 424 Å². The minimum absolute atomic E-state index is 0.00371. The van der Waals surface area contributed by atoms with Crippen molar-refractivity contribution in [2.45, 2.75) is 40.4 Å². The van der Waals surface area contributed by atoms with Crippen molar-refractivity contribution in [1.29, 1.82) is 0 Å². The molecular formula is C47H58N6O13S6. The standard InChI is InChI=1S/C47H58N6O13S6/c1-3-67(54,55)48-31-39-20-24-51(34-39)70(60,61)44-17-14-37(15-18-44)9-8-27-68(56,57)49-32-41-22-26-53(36-41)72(64,65)47-19-16-38(29-46(47)66-2)23-28-69(58,59)50-33-40-21-25-52(35-40)71(62,63)45-13-7-12-43(30-45)42-10-5-4-6-11-42/h3-8,10-19,23,27-30,39-41,48-50H,1,9,20-22,24-26,31-36H2,2H3/b27-8+,28-23-. The Balaban J connectivity index is 0.860. The highest BCUT2D eigenvalue weighted by Crippen LogP contribution is 2.33. The molecule has 3 aliphatic heterocycles. The summed E-state index contributed by atoms with van der Waals surface area (Å²) in [5.74, 6) is -0.839. The number of benzene rings is 4. The molecule has 0 bridgehead atoms. The van der Waals surface area contributed by atoms with Crippen molar-refractivity contribution in [3.05, 3.63) is 137 Å². The van der Waals surface area contributed by atoms with Crippen molar-refractivity contribution in [2.24, 2.45) is 17.8 Å². The van der Waals surface area contributed by atoms with Gasteiger partial charge in [0.1, 0.15) is 10.6 Å². The number of methoxy groups -OCH3 is 1. The van der Waals surface area contributed by atoms with Crippen LogP contribution in [-0.2, 0) is 66.6 Å². The van der Waals surface area contributed by atoms with Gasteiger partial charge in [-0.2, -0.15) is 12.9 Å². The van der Waals surface area contributed by atoms with E-state index in [4.69, 9.17) is 4.74 Å². The minimum atomic E-state index is -4.12. The summed E-state index contributed by atoms with van der Waals surface area (Å²) in [4.78, 5) is 0.0620. The van der Waals surface area contributed by atoms with E-state index >= 15 is 0 Å². The molecule has 0 spiro atoms. The topological polar surface area (TPSA) is 260 Å². The number of rotatable bonds is 23. The molecule has 0 aliphatic carbocycles. The van der Waals surface area contributed by atoms with E-state index in [-0.39, 0.29) is 104 Å². The summed E-state index contributed by atoms with van der Waals surface area (Å²) in [6.07, 6.45) is 4.20. The number of nitrogens with one attached hydrogen (secondary N) is 3. The fourth-order valence-electron chi connectivity index (χ4n) is 8.58. The van der Waals surface area contributed by atoms with Crippen molar-refractivity contribution in [3.63, 3.8) is 0 Å². The number of hydrogen-bond acceptors (Lipinski definition) is 13. The normalized spacial score (nSPS) is 20.2. The number of ether oxygens (including phenoxy) is 1. The van der Waals surface area contributed by atoms with Gasteiger partial charge in [0, 0.05) is 75.1 Å². The smallest absolute Gasteiger partial charge is 0.246 e. The minimum Gasteiger partial charge on any atom is -0.495 e. The molecule has 4 aromatic rings. The van der Waals surface area contributed by atoms with Gasteiger partial charge in [-0.15, -0.1) is 0 Å². The average molecular weight is 1110 g/mol. The third kappa shape index (κ3) is 13.9. The van der Waals surface area contributed by atoms with Gasteiger partial charge in [0.2, 0.25) is 60.1 Å². The van der Waals surface area contributed by atoms with E-state index in [0.29, 0.717) is 30.4 Å². The van der Waals surface area contributed by atoms with Crippen LogP contribution >= 0.6 is 0 Å². The lowest BCUT2D eigenvalue weighted by Gasteiger charge is -2.19. The molecule has 390 valence electrons. The Bertz CT molecular complexity index is 3360. The van der Waals surface area contributed by atoms with Crippen LogP contribution in [0, 0.1) is 17.8 Å². The largest absolute Gasteiger partial charge is 0.495 e. The van der Waals surface area contributed by atoms with Gasteiger partial charge in [-0.3, -0.25) is 0 Å². The van der Waals surface area contributed by atoms with Crippen LogP contribution in [0.25, 0.3) is 17.2 Å². The predicted molar refractivity (Wildman–Crippen MR) is 275 cm³/mol. The molecule has 3 N–H and O–H groups in total. The molecule has 3 unspecified atom stereocenters. The van der Waals surface area contributed by atoms with Gasteiger partial charge in [0.25, 0.3) is 0 Å². The molecule has 0 saturated carbocycles. The quantitative estimate of drug-likeness (QED) is 0.0958. The second kappa shape index (κ2) is 22.9. The molecule has 4 aromatic carbocycles. The number of sulfonamides is 6. The number of hydrogen-bond donors (Lipinski definition) is 3. The summed E-state index contributed by atoms with van der Waals surface area (Å²) >= 11 is 0. The van der Waals surface area contributed by atoms with Crippen LogP contribution in [-0.4, -0.2) is 129 Å². The van der Waals surface area contributed by atoms with E-state index in [1.165, 1.54) is 62.5 Å². The monoisotopic (exact) mass is 1110 g/mol. The molecule has 3 saturated heterocycles. The first-order chi connectivity index (χ1) is 34.0. The number of allylic oxidation sites excluding steroid dienone is 1. The molecular weight excluding hydrogens is 1050 g/mol. The molecule has 3 fully saturated rings. The van der Waals surface area contributed by atoms with E-state index in [9.17, 15) is 50.5 Å². The lowest BCUT2D eigenvalue weighted by Crippen LogP contribution is -2.32. The Hall–Kier alpha value is -4.64. The summed E-state index contributed by atoms with van der Waals surface area (Å²) in [5.41, 5.74) is 2.64. The van der Waals surface area contributed by atoms with Crippen LogP contribution in [0.15, 0.2) is 141 Å². The molecule has 72 heavy (non-hydrogen) atoms. The van der Waals surface area contributed by atoms with Gasteiger partial charge in [-0.1, -0.05) is 73.3 Å². The summed E-state index contributed by atoms with van der Waals surface area (Å²) in [6, 6.07) is 26.3. The van der Waals surface area contributed by atoms with E-state index < -0.39 is 60.1 Å². The van der Waals surface area contributed by atoms with Crippen molar-refractivity contribution < 1.29 is 55.2 Å². The highest BCUT2D eigenvalue weighted by Gasteiger charge is 2.36. The van der Waals surface area contributed by atoms with Crippen LogP contribution in [0.4, 0.5) is 0 Å². The van der Waals surface area contributed by atoms with Gasteiger partial charge in [-0.25, -0.2) is 64.7 Å². The van der Waals surface area contributed by atoms with Crippen molar-refractivity contribution >= 4 is 66.2 Å². The second-order valence-corrected chi connectivity index (χ2v) is 28.5. The first-order valence-corrected chi connectivity index (χ1v) is 31.9. The van der Waals surface area contributed by atoms with E-state index in [1.807, 2.05) is 36.4 Å². The maximum absolute atomic E-state index is 13.8. The zero-order valence-corrected chi connectivity index (χ0v) is 44.3. The highest BCUT2D eigenvalue weighted by molar-refractivity contribution is 7.93. The van der Waals surface area contributed by atoms with Crippen LogP contribution in [0.2, 0.25) is 0 Å². The van der Waals surface area contributed by atoms with Crippen molar-refractivity contribution in [2.75, 3.05) is 66.0 Å². The molecule has 25 heteroatoms. The fourth-order valence-corrected chi connectivity index (χ4v) is 15.8. The maximum Gasteiger partial charge on any atom is 0.246 e.